The average molecular weight is 351 g/mol. The number of amides is 2. The molecule has 5 N–H and O–H groups in total. The lowest BCUT2D eigenvalue weighted by Gasteiger charge is -2.40. The second-order valence-corrected chi connectivity index (χ2v) is 6.63. The van der Waals surface area contributed by atoms with Crippen molar-refractivity contribution < 1.29 is 27.9 Å². The fourth-order valence-electron chi connectivity index (χ4n) is 2.34. The van der Waals surface area contributed by atoms with E-state index in [0.29, 0.717) is 12.8 Å². The molecule has 9 heteroatoms. The first-order chi connectivity index (χ1) is 10.9. The monoisotopic (exact) mass is 351 g/mol. The van der Waals surface area contributed by atoms with E-state index in [4.69, 9.17) is 5.73 Å². The third-order valence-electron chi connectivity index (χ3n) is 4.29. The number of alkyl halides is 3. The van der Waals surface area contributed by atoms with E-state index in [0.717, 1.165) is 12.5 Å². The number of hydrogen-bond acceptors (Lipinski definition) is 5. The molecule has 24 heavy (non-hydrogen) atoms. The lowest BCUT2D eigenvalue weighted by Crippen LogP contribution is -2.54. The number of aliphatic hydroxyl groups excluding tert-OH is 1. The number of carbonyl (C=O) groups is 2. The van der Waals surface area contributed by atoms with Gasteiger partial charge in [-0.25, -0.2) is 0 Å². The Morgan fingerprint density at radius 2 is 1.88 bits per heavy atom. The molecule has 0 atom stereocenters. The number of carbonyl (C=O) groups excluding carboxylic acids is 2. The molecule has 0 bridgehead atoms. The Bertz CT molecular complexity index is 506. The molecule has 0 heterocycles. The van der Waals surface area contributed by atoms with Crippen molar-refractivity contribution in [3.63, 3.8) is 0 Å². The fourth-order valence-corrected chi connectivity index (χ4v) is 2.34. The molecule has 0 spiro atoms. The molecule has 6 nitrogen and oxygen atoms in total. The van der Waals surface area contributed by atoms with Gasteiger partial charge in [0.25, 0.3) is 5.91 Å². The van der Waals surface area contributed by atoms with Crippen molar-refractivity contribution >= 4 is 11.8 Å². The Morgan fingerprint density at radius 1 is 1.29 bits per heavy atom. The lowest BCUT2D eigenvalue weighted by molar-refractivity contribution is -0.138. The summed E-state index contributed by atoms with van der Waals surface area (Å²) in [6.45, 7) is 2.13. The summed E-state index contributed by atoms with van der Waals surface area (Å²) >= 11 is 0. The Kier molecular flexibility index (Phi) is 6.40. The van der Waals surface area contributed by atoms with Gasteiger partial charge in [0.1, 0.15) is 0 Å². The summed E-state index contributed by atoms with van der Waals surface area (Å²) in [7, 11) is 0. The predicted octanol–water partition coefficient (Wildman–Crippen LogP) is 0.955. The van der Waals surface area contributed by atoms with Crippen molar-refractivity contribution in [1.82, 2.24) is 10.6 Å². The van der Waals surface area contributed by atoms with Gasteiger partial charge in [-0.2, -0.15) is 13.2 Å². The van der Waals surface area contributed by atoms with E-state index in [1.165, 1.54) is 13.8 Å². The lowest BCUT2D eigenvalue weighted by atomic mass is 9.67. The summed E-state index contributed by atoms with van der Waals surface area (Å²) in [5.41, 5.74) is 4.06. The molecule has 0 aromatic carbocycles. The number of aliphatic hydroxyl groups is 1. The van der Waals surface area contributed by atoms with E-state index in [1.54, 1.807) is 0 Å². The van der Waals surface area contributed by atoms with Crippen molar-refractivity contribution in [3.05, 3.63) is 11.8 Å². The fraction of sp³-hybridized carbons (Fsp3) is 0.733. The second kappa shape index (κ2) is 7.52. The zero-order valence-electron chi connectivity index (χ0n) is 13.8. The van der Waals surface area contributed by atoms with Crippen LogP contribution < -0.4 is 16.4 Å². The molecule has 1 saturated carbocycles. The highest BCUT2D eigenvalue weighted by Gasteiger charge is 2.39. The summed E-state index contributed by atoms with van der Waals surface area (Å²) < 4.78 is 36.4. The SMILES string of the molecule is CC(C)(NCCC(F)(F)F)C(=O)NC(=O)C=C(N)C1(CO)CCC1. The van der Waals surface area contributed by atoms with Crippen molar-refractivity contribution in [3.8, 4) is 0 Å². The Labute approximate surface area is 138 Å². The molecule has 0 unspecified atom stereocenters. The van der Waals surface area contributed by atoms with Gasteiger partial charge in [-0.3, -0.25) is 14.9 Å². The minimum Gasteiger partial charge on any atom is -0.401 e. The maximum Gasteiger partial charge on any atom is 0.390 e. The van der Waals surface area contributed by atoms with Crippen LogP contribution in [0.1, 0.15) is 39.5 Å². The van der Waals surface area contributed by atoms with Crippen molar-refractivity contribution in [1.29, 1.82) is 0 Å². The van der Waals surface area contributed by atoms with Gasteiger partial charge in [-0.1, -0.05) is 6.42 Å². The van der Waals surface area contributed by atoms with Crippen LogP contribution in [0.15, 0.2) is 11.8 Å². The van der Waals surface area contributed by atoms with Gasteiger partial charge in [0, 0.05) is 23.7 Å². The maximum atomic E-state index is 12.1. The summed E-state index contributed by atoms with van der Waals surface area (Å²) in [6.07, 6.45) is -2.13. The number of halogens is 3. The molecule has 1 aliphatic carbocycles. The van der Waals surface area contributed by atoms with Crippen LogP contribution in [0.2, 0.25) is 0 Å². The summed E-state index contributed by atoms with van der Waals surface area (Å²) in [5.74, 6) is -1.52. The van der Waals surface area contributed by atoms with Gasteiger partial charge in [0.2, 0.25) is 5.91 Å². The van der Waals surface area contributed by atoms with E-state index in [2.05, 4.69) is 10.6 Å². The van der Waals surface area contributed by atoms with Crippen molar-refractivity contribution in [2.45, 2.75) is 51.2 Å². The molecule has 1 rings (SSSR count). The third-order valence-corrected chi connectivity index (χ3v) is 4.29. The minimum atomic E-state index is -4.33. The van der Waals surface area contributed by atoms with Gasteiger partial charge in [-0.05, 0) is 26.7 Å². The molecule has 0 radical (unpaired) electrons. The first-order valence-corrected chi connectivity index (χ1v) is 7.68. The van der Waals surface area contributed by atoms with Gasteiger partial charge in [-0.15, -0.1) is 0 Å². The van der Waals surface area contributed by atoms with Crippen LogP contribution >= 0.6 is 0 Å². The van der Waals surface area contributed by atoms with Crippen LogP contribution in [-0.4, -0.2) is 41.8 Å². The molecule has 0 saturated heterocycles. The number of nitrogens with two attached hydrogens (primary N) is 1. The normalized spacial score (nSPS) is 18.0. The van der Waals surface area contributed by atoms with Crippen LogP contribution in [0.5, 0.6) is 0 Å². The molecular formula is C15H24F3N3O3. The highest BCUT2D eigenvalue weighted by molar-refractivity contribution is 6.04. The number of nitrogens with one attached hydrogen (secondary N) is 2. The molecule has 0 aromatic rings. The third kappa shape index (κ3) is 5.48. The van der Waals surface area contributed by atoms with E-state index < -0.39 is 41.9 Å². The first kappa shape index (κ1) is 20.4. The highest BCUT2D eigenvalue weighted by atomic mass is 19.4. The van der Waals surface area contributed by atoms with Gasteiger partial charge in [0.05, 0.1) is 18.6 Å². The summed E-state index contributed by atoms with van der Waals surface area (Å²) in [4.78, 5) is 23.9. The summed E-state index contributed by atoms with van der Waals surface area (Å²) in [5, 5.41) is 13.9. The van der Waals surface area contributed by atoms with Crippen LogP contribution in [0.25, 0.3) is 0 Å². The molecule has 0 aliphatic heterocycles. The largest absolute Gasteiger partial charge is 0.401 e. The van der Waals surface area contributed by atoms with E-state index >= 15 is 0 Å². The molecule has 1 fully saturated rings. The van der Waals surface area contributed by atoms with Gasteiger partial charge < -0.3 is 16.2 Å². The topological polar surface area (TPSA) is 104 Å². The maximum absolute atomic E-state index is 12.1. The Balaban J connectivity index is 2.57. The van der Waals surface area contributed by atoms with Crippen LogP contribution in [0.3, 0.4) is 0 Å². The Hall–Kier alpha value is -1.61. The van der Waals surface area contributed by atoms with E-state index in [-0.39, 0.29) is 12.3 Å². The molecule has 0 aromatic heterocycles. The number of hydrogen-bond donors (Lipinski definition) is 4. The van der Waals surface area contributed by atoms with Gasteiger partial charge in [0.15, 0.2) is 0 Å². The zero-order chi connectivity index (χ0) is 18.6. The van der Waals surface area contributed by atoms with E-state index in [1.807, 2.05) is 0 Å². The standard InChI is InChI=1S/C15H24F3N3O3/c1-13(2,20-7-6-15(16,17)18)12(24)21-11(23)8-10(19)14(9-22)4-3-5-14/h8,20,22H,3-7,9,19H2,1-2H3,(H,21,23,24). The number of imide groups is 1. The zero-order valence-corrected chi connectivity index (χ0v) is 13.8. The van der Waals surface area contributed by atoms with E-state index in [9.17, 15) is 27.9 Å². The molecule has 138 valence electrons. The van der Waals surface area contributed by atoms with Gasteiger partial charge >= 0.3 is 6.18 Å². The Morgan fingerprint density at radius 3 is 2.29 bits per heavy atom. The average Bonchev–Trinajstić information content (AvgIpc) is 2.35. The number of rotatable bonds is 7. The molecular weight excluding hydrogens is 327 g/mol. The van der Waals surface area contributed by atoms with Crippen LogP contribution in [0, 0.1) is 5.41 Å². The summed E-state index contributed by atoms with van der Waals surface area (Å²) in [6, 6.07) is 0. The smallest absolute Gasteiger partial charge is 0.390 e. The van der Waals surface area contributed by atoms with Crippen molar-refractivity contribution in [2.75, 3.05) is 13.2 Å². The second-order valence-electron chi connectivity index (χ2n) is 6.63. The minimum absolute atomic E-state index is 0.180. The van der Waals surface area contributed by atoms with Crippen molar-refractivity contribution in [2.24, 2.45) is 11.1 Å². The molecule has 1 aliphatic rings. The highest BCUT2D eigenvalue weighted by Crippen LogP contribution is 2.44. The molecule has 2 amide bonds. The quantitative estimate of drug-likeness (QED) is 0.511. The van der Waals surface area contributed by atoms with Crippen LogP contribution in [0.4, 0.5) is 13.2 Å². The van der Waals surface area contributed by atoms with Crippen LogP contribution in [-0.2, 0) is 9.59 Å². The predicted molar refractivity (Wildman–Crippen MR) is 81.5 cm³/mol. The first-order valence-electron chi connectivity index (χ1n) is 7.68.